The van der Waals surface area contributed by atoms with Gasteiger partial charge in [0.05, 0.1) is 6.20 Å². The molecule has 90 valence electrons. The predicted octanol–water partition coefficient (Wildman–Crippen LogP) is 2.08. The van der Waals surface area contributed by atoms with E-state index in [0.29, 0.717) is 0 Å². The minimum Gasteiger partial charge on any atom is -0.313 e. The third-order valence-electron chi connectivity index (χ3n) is 2.68. The molecule has 2 aromatic heterocycles. The van der Waals surface area contributed by atoms with E-state index in [-0.39, 0.29) is 6.04 Å². The maximum atomic E-state index is 4.38. The largest absolute Gasteiger partial charge is 0.313 e. The fraction of sp³-hybridized carbons (Fsp3) is 0.333. The van der Waals surface area contributed by atoms with Crippen LogP contribution in [0.1, 0.15) is 17.3 Å². The Kier molecular flexibility index (Phi) is 3.91. The zero-order valence-corrected chi connectivity index (χ0v) is 11.5. The highest BCUT2D eigenvalue weighted by Gasteiger charge is 2.12. The molecule has 5 heteroatoms. The summed E-state index contributed by atoms with van der Waals surface area (Å²) in [6, 6.07) is 4.29. The van der Waals surface area contributed by atoms with E-state index in [9.17, 15) is 0 Å². The van der Waals surface area contributed by atoms with Gasteiger partial charge < -0.3 is 5.32 Å². The number of nitrogens with one attached hydrogen (secondary N) is 1. The first-order valence-corrected chi connectivity index (χ1v) is 6.24. The van der Waals surface area contributed by atoms with Crippen LogP contribution in [0.4, 0.5) is 0 Å². The highest BCUT2D eigenvalue weighted by molar-refractivity contribution is 9.10. The van der Waals surface area contributed by atoms with E-state index in [0.717, 1.165) is 16.6 Å². The number of rotatable bonds is 4. The second-order valence-electron chi connectivity index (χ2n) is 3.96. The molecule has 1 atom stereocenters. The molecule has 0 fully saturated rings. The number of aryl methyl sites for hydroxylation is 1. The van der Waals surface area contributed by atoms with Gasteiger partial charge in [0, 0.05) is 47.6 Å². The third kappa shape index (κ3) is 3.14. The molecule has 0 aliphatic rings. The molecule has 2 rings (SSSR count). The highest BCUT2D eigenvalue weighted by Crippen LogP contribution is 2.17. The number of hydrogen-bond acceptors (Lipinski definition) is 3. The fourth-order valence-corrected chi connectivity index (χ4v) is 1.98. The Bertz CT molecular complexity index is 478. The van der Waals surface area contributed by atoms with Crippen molar-refractivity contribution in [3.05, 3.63) is 46.5 Å². The monoisotopic (exact) mass is 294 g/mol. The highest BCUT2D eigenvalue weighted by atomic mass is 79.9. The molecule has 0 radical (unpaired) electrons. The van der Waals surface area contributed by atoms with Crippen LogP contribution in [0.3, 0.4) is 0 Å². The van der Waals surface area contributed by atoms with Crippen LogP contribution in [-0.2, 0) is 13.5 Å². The van der Waals surface area contributed by atoms with Crippen molar-refractivity contribution in [2.75, 3.05) is 7.05 Å². The Labute approximate surface area is 109 Å². The maximum Gasteiger partial charge on any atom is 0.0537 e. The normalized spacial score (nSPS) is 12.6. The van der Waals surface area contributed by atoms with Gasteiger partial charge in [-0.3, -0.25) is 9.67 Å². The summed E-state index contributed by atoms with van der Waals surface area (Å²) in [5, 5.41) is 7.48. The number of aromatic nitrogens is 3. The average molecular weight is 295 g/mol. The lowest BCUT2D eigenvalue weighted by Crippen LogP contribution is -2.18. The summed E-state index contributed by atoms with van der Waals surface area (Å²) in [5.41, 5.74) is 2.25. The maximum absolute atomic E-state index is 4.38. The molecule has 1 N–H and O–H groups in total. The van der Waals surface area contributed by atoms with Crippen molar-refractivity contribution < 1.29 is 0 Å². The first kappa shape index (κ1) is 12.3. The minimum absolute atomic E-state index is 0.248. The second kappa shape index (κ2) is 5.42. The number of nitrogens with zero attached hydrogens (tertiary/aromatic N) is 3. The Hall–Kier alpha value is -1.20. The zero-order chi connectivity index (χ0) is 12.3. The number of hydrogen-bond donors (Lipinski definition) is 1. The topological polar surface area (TPSA) is 42.7 Å². The third-order valence-corrected chi connectivity index (χ3v) is 3.15. The van der Waals surface area contributed by atoms with Gasteiger partial charge in [-0.25, -0.2) is 0 Å². The average Bonchev–Trinajstić information content (AvgIpc) is 2.75. The van der Waals surface area contributed by atoms with E-state index in [1.54, 1.807) is 0 Å². The summed E-state index contributed by atoms with van der Waals surface area (Å²) in [4.78, 5) is 4.38. The molecule has 17 heavy (non-hydrogen) atoms. The molecule has 0 aromatic carbocycles. The summed E-state index contributed by atoms with van der Waals surface area (Å²) >= 11 is 3.39. The number of likely N-dealkylation sites (N-methyl/N-ethyl adjacent to an activating group) is 1. The Morgan fingerprint density at radius 2 is 2.24 bits per heavy atom. The standard InChI is InChI=1S/C12H15BrN4/c1-14-12(9-6-16-17(2)8-9)5-11-4-3-10(13)7-15-11/h3-4,6-8,12,14H,5H2,1-2H3. The molecule has 0 aliphatic carbocycles. The van der Waals surface area contributed by atoms with Crippen LogP contribution >= 0.6 is 15.9 Å². The molecule has 0 aliphatic heterocycles. The van der Waals surface area contributed by atoms with Crippen molar-refractivity contribution >= 4 is 15.9 Å². The van der Waals surface area contributed by atoms with E-state index in [2.05, 4.69) is 31.3 Å². The van der Waals surface area contributed by atoms with Crippen molar-refractivity contribution in [1.29, 1.82) is 0 Å². The van der Waals surface area contributed by atoms with Crippen molar-refractivity contribution in [2.45, 2.75) is 12.5 Å². The van der Waals surface area contributed by atoms with Crippen LogP contribution < -0.4 is 5.32 Å². The Morgan fingerprint density at radius 3 is 2.76 bits per heavy atom. The van der Waals surface area contributed by atoms with Crippen LogP contribution in [0.25, 0.3) is 0 Å². The molecular formula is C12H15BrN4. The molecule has 2 heterocycles. The van der Waals surface area contributed by atoms with Crippen LogP contribution in [-0.4, -0.2) is 21.8 Å². The molecule has 0 saturated carbocycles. The summed E-state index contributed by atoms with van der Waals surface area (Å²) in [6.45, 7) is 0. The number of pyridine rings is 1. The van der Waals surface area contributed by atoms with E-state index < -0.39 is 0 Å². The summed E-state index contributed by atoms with van der Waals surface area (Å²) in [5.74, 6) is 0. The van der Waals surface area contributed by atoms with E-state index >= 15 is 0 Å². The number of halogens is 1. The van der Waals surface area contributed by atoms with Gasteiger partial charge in [-0.1, -0.05) is 0 Å². The van der Waals surface area contributed by atoms with Crippen molar-refractivity contribution in [1.82, 2.24) is 20.1 Å². The van der Waals surface area contributed by atoms with Gasteiger partial charge in [-0.15, -0.1) is 0 Å². The van der Waals surface area contributed by atoms with E-state index in [1.807, 2.05) is 49.5 Å². The van der Waals surface area contributed by atoms with E-state index in [1.165, 1.54) is 5.56 Å². The molecule has 4 nitrogen and oxygen atoms in total. The fourth-order valence-electron chi connectivity index (χ4n) is 1.74. The van der Waals surface area contributed by atoms with Gasteiger partial charge in [0.2, 0.25) is 0 Å². The van der Waals surface area contributed by atoms with Gasteiger partial charge in [0.25, 0.3) is 0 Å². The minimum atomic E-state index is 0.248. The molecule has 0 bridgehead atoms. The van der Waals surface area contributed by atoms with Gasteiger partial charge in [-0.05, 0) is 35.1 Å². The predicted molar refractivity (Wildman–Crippen MR) is 70.6 cm³/mol. The Balaban J connectivity index is 2.12. The van der Waals surface area contributed by atoms with Crippen LogP contribution in [0.5, 0.6) is 0 Å². The molecule has 0 amide bonds. The second-order valence-corrected chi connectivity index (χ2v) is 4.88. The van der Waals surface area contributed by atoms with Gasteiger partial charge in [-0.2, -0.15) is 5.10 Å². The summed E-state index contributed by atoms with van der Waals surface area (Å²) in [6.07, 6.45) is 6.60. The first-order chi connectivity index (χ1) is 8.19. The molecule has 0 saturated heterocycles. The lowest BCUT2D eigenvalue weighted by Gasteiger charge is -2.13. The summed E-state index contributed by atoms with van der Waals surface area (Å²) < 4.78 is 2.82. The van der Waals surface area contributed by atoms with Crippen LogP contribution in [0.2, 0.25) is 0 Å². The molecule has 2 aromatic rings. The quantitative estimate of drug-likeness (QED) is 0.939. The van der Waals surface area contributed by atoms with Gasteiger partial charge in [0.1, 0.15) is 0 Å². The van der Waals surface area contributed by atoms with Gasteiger partial charge >= 0.3 is 0 Å². The van der Waals surface area contributed by atoms with Crippen LogP contribution in [0, 0.1) is 0 Å². The lowest BCUT2D eigenvalue weighted by atomic mass is 10.1. The zero-order valence-electron chi connectivity index (χ0n) is 9.89. The van der Waals surface area contributed by atoms with Crippen molar-refractivity contribution in [3.63, 3.8) is 0 Å². The smallest absolute Gasteiger partial charge is 0.0537 e. The molecule has 0 spiro atoms. The lowest BCUT2D eigenvalue weighted by molar-refractivity contribution is 0.583. The summed E-state index contributed by atoms with van der Waals surface area (Å²) in [7, 11) is 3.88. The SMILES string of the molecule is CNC(Cc1ccc(Br)cn1)c1cnn(C)c1. The molecule has 1 unspecified atom stereocenters. The Morgan fingerprint density at radius 1 is 1.41 bits per heavy atom. The first-order valence-electron chi connectivity index (χ1n) is 5.45. The van der Waals surface area contributed by atoms with Crippen molar-refractivity contribution in [3.8, 4) is 0 Å². The van der Waals surface area contributed by atoms with Crippen LogP contribution in [0.15, 0.2) is 35.2 Å². The van der Waals surface area contributed by atoms with Gasteiger partial charge in [0.15, 0.2) is 0 Å². The van der Waals surface area contributed by atoms with Crippen molar-refractivity contribution in [2.24, 2.45) is 7.05 Å². The van der Waals surface area contributed by atoms with E-state index in [4.69, 9.17) is 0 Å². The molecular weight excluding hydrogens is 280 g/mol.